The van der Waals surface area contributed by atoms with Gasteiger partial charge in [0.25, 0.3) is 0 Å². The molecular weight excluding hydrogens is 304 g/mol. The molecule has 0 radical (unpaired) electrons. The topological polar surface area (TPSA) is 34.1 Å². The summed E-state index contributed by atoms with van der Waals surface area (Å²) in [4.78, 5) is 25.1. The molecule has 2 aromatic rings. The molecular formula is C20H22O2S. The van der Waals surface area contributed by atoms with Gasteiger partial charge >= 0.3 is 0 Å². The molecule has 0 aliphatic carbocycles. The smallest absolute Gasteiger partial charge is 0.227 e. The lowest BCUT2D eigenvalue weighted by molar-refractivity contribution is 0.106. The summed E-state index contributed by atoms with van der Waals surface area (Å²) in [5, 5.41) is -0.344. The minimum absolute atomic E-state index is 0.172. The molecule has 0 bridgehead atoms. The maximum absolute atomic E-state index is 12.5. The zero-order chi connectivity index (χ0) is 17.0. The van der Waals surface area contributed by atoms with Crippen LogP contribution in [-0.2, 0) is 12.8 Å². The lowest BCUT2D eigenvalue weighted by Gasteiger charge is -2.09. The van der Waals surface area contributed by atoms with Gasteiger partial charge in [-0.2, -0.15) is 0 Å². The predicted octanol–water partition coefficient (Wildman–Crippen LogP) is 5.14. The average Bonchev–Trinajstić information content (AvgIpc) is 2.54. The summed E-state index contributed by atoms with van der Waals surface area (Å²) in [5.74, 6) is 0. The van der Waals surface area contributed by atoms with Crippen molar-refractivity contribution in [2.24, 2.45) is 0 Å². The second kappa shape index (κ2) is 7.60. The van der Waals surface area contributed by atoms with Crippen LogP contribution >= 0.6 is 11.8 Å². The van der Waals surface area contributed by atoms with Crippen molar-refractivity contribution in [1.29, 1.82) is 0 Å². The summed E-state index contributed by atoms with van der Waals surface area (Å²) in [6.07, 6.45) is 1.56. The van der Waals surface area contributed by atoms with Gasteiger partial charge < -0.3 is 0 Å². The molecule has 0 heterocycles. The summed E-state index contributed by atoms with van der Waals surface area (Å²) in [7, 11) is 0. The van der Waals surface area contributed by atoms with Crippen LogP contribution in [0.2, 0.25) is 0 Å². The molecule has 2 nitrogen and oxygen atoms in total. The van der Waals surface area contributed by atoms with E-state index >= 15 is 0 Å². The van der Waals surface area contributed by atoms with E-state index in [1.165, 1.54) is 0 Å². The quantitative estimate of drug-likeness (QED) is 0.780. The van der Waals surface area contributed by atoms with E-state index in [-0.39, 0.29) is 10.2 Å². The van der Waals surface area contributed by atoms with Crippen LogP contribution in [-0.4, -0.2) is 10.2 Å². The molecule has 0 amide bonds. The van der Waals surface area contributed by atoms with Crippen molar-refractivity contribution in [3.8, 4) is 0 Å². The number of rotatable bonds is 4. The monoisotopic (exact) mass is 326 g/mol. The van der Waals surface area contributed by atoms with Gasteiger partial charge in [-0.3, -0.25) is 9.59 Å². The van der Waals surface area contributed by atoms with Crippen LogP contribution in [0.25, 0.3) is 0 Å². The lowest BCUT2D eigenvalue weighted by atomic mass is 10.0. The van der Waals surface area contributed by atoms with E-state index in [1.54, 1.807) is 0 Å². The van der Waals surface area contributed by atoms with E-state index in [2.05, 4.69) is 0 Å². The number of aryl methyl sites for hydroxylation is 4. The Morgan fingerprint density at radius 2 is 1.17 bits per heavy atom. The normalized spacial score (nSPS) is 10.6. The first-order chi connectivity index (χ1) is 11.0. The second-order valence-corrected chi connectivity index (χ2v) is 6.65. The Morgan fingerprint density at radius 3 is 1.52 bits per heavy atom. The highest BCUT2D eigenvalue weighted by atomic mass is 32.2. The molecule has 0 saturated carbocycles. The Kier molecular flexibility index (Phi) is 5.78. The van der Waals surface area contributed by atoms with Crippen molar-refractivity contribution in [1.82, 2.24) is 0 Å². The molecule has 120 valence electrons. The maximum atomic E-state index is 12.5. The van der Waals surface area contributed by atoms with Gasteiger partial charge in [0.15, 0.2) is 0 Å². The van der Waals surface area contributed by atoms with Crippen molar-refractivity contribution in [2.75, 3.05) is 0 Å². The van der Waals surface area contributed by atoms with E-state index in [1.807, 2.05) is 64.1 Å². The third-order valence-electron chi connectivity index (χ3n) is 3.91. The highest BCUT2D eigenvalue weighted by Crippen LogP contribution is 2.24. The van der Waals surface area contributed by atoms with E-state index in [0.29, 0.717) is 11.1 Å². The largest absolute Gasteiger partial charge is 0.281 e. The van der Waals surface area contributed by atoms with Crippen LogP contribution in [0.1, 0.15) is 56.8 Å². The van der Waals surface area contributed by atoms with Crippen molar-refractivity contribution in [2.45, 2.75) is 40.5 Å². The molecule has 0 spiro atoms. The molecule has 0 aromatic heterocycles. The van der Waals surface area contributed by atoms with Crippen LogP contribution in [0.3, 0.4) is 0 Å². The third-order valence-corrected chi connectivity index (χ3v) is 4.72. The first-order valence-electron chi connectivity index (χ1n) is 7.91. The van der Waals surface area contributed by atoms with E-state index < -0.39 is 0 Å². The predicted molar refractivity (Wildman–Crippen MR) is 97.4 cm³/mol. The van der Waals surface area contributed by atoms with Crippen LogP contribution in [0.5, 0.6) is 0 Å². The Bertz CT molecular complexity index is 684. The summed E-state index contributed by atoms with van der Waals surface area (Å²) in [6.45, 7) is 8.05. The second-order valence-electron chi connectivity index (χ2n) is 5.71. The van der Waals surface area contributed by atoms with Crippen LogP contribution < -0.4 is 0 Å². The van der Waals surface area contributed by atoms with Crippen molar-refractivity contribution in [3.05, 3.63) is 69.8 Å². The zero-order valence-corrected chi connectivity index (χ0v) is 14.9. The van der Waals surface area contributed by atoms with Gasteiger partial charge in [-0.05, 0) is 61.7 Å². The first kappa shape index (κ1) is 17.5. The molecule has 0 N–H and O–H groups in total. The first-order valence-corrected chi connectivity index (χ1v) is 8.73. The Morgan fingerprint density at radius 1 is 0.783 bits per heavy atom. The summed E-state index contributed by atoms with van der Waals surface area (Å²) >= 11 is 0.799. The van der Waals surface area contributed by atoms with Gasteiger partial charge in [0.1, 0.15) is 0 Å². The number of thioether (sulfide) groups is 1. The third kappa shape index (κ3) is 4.11. The van der Waals surface area contributed by atoms with Crippen LogP contribution in [0, 0.1) is 13.8 Å². The molecule has 0 unspecified atom stereocenters. The van der Waals surface area contributed by atoms with Crippen molar-refractivity contribution >= 4 is 22.0 Å². The number of hydrogen-bond acceptors (Lipinski definition) is 3. The molecule has 0 saturated heterocycles. The minimum Gasteiger partial charge on any atom is -0.281 e. The average molecular weight is 326 g/mol. The summed E-state index contributed by atoms with van der Waals surface area (Å²) in [5.41, 5.74) is 5.52. The molecule has 2 aromatic carbocycles. The standard InChI is InChI=1S/C20H22O2S/c1-5-15-11-13(3)7-9-17(15)19(21)23-20(22)18-10-8-14(4)12-16(18)6-2/h7-12H,5-6H2,1-4H3. The van der Waals surface area contributed by atoms with Crippen LogP contribution in [0.4, 0.5) is 0 Å². The van der Waals surface area contributed by atoms with Gasteiger partial charge in [0.2, 0.25) is 10.2 Å². The van der Waals surface area contributed by atoms with Gasteiger partial charge in [0.05, 0.1) is 0 Å². The van der Waals surface area contributed by atoms with Crippen molar-refractivity contribution in [3.63, 3.8) is 0 Å². The molecule has 2 rings (SSSR count). The van der Waals surface area contributed by atoms with Crippen LogP contribution in [0.15, 0.2) is 36.4 Å². The molecule has 3 heteroatoms. The van der Waals surface area contributed by atoms with E-state index in [9.17, 15) is 9.59 Å². The fourth-order valence-corrected chi connectivity index (χ4v) is 3.41. The highest BCUT2D eigenvalue weighted by molar-refractivity contribution is 8.27. The minimum atomic E-state index is -0.172. The Balaban J connectivity index is 2.25. The van der Waals surface area contributed by atoms with E-state index in [0.717, 1.165) is 46.9 Å². The Hall–Kier alpha value is -1.87. The van der Waals surface area contributed by atoms with E-state index in [4.69, 9.17) is 0 Å². The number of carbonyl (C=O) groups excluding carboxylic acids is 2. The maximum Gasteiger partial charge on any atom is 0.227 e. The SMILES string of the molecule is CCc1cc(C)ccc1C(=O)SC(=O)c1ccc(C)cc1CC. The van der Waals surface area contributed by atoms with Gasteiger partial charge in [-0.15, -0.1) is 0 Å². The summed E-state index contributed by atoms with van der Waals surface area (Å²) < 4.78 is 0. The van der Waals surface area contributed by atoms with Crippen molar-refractivity contribution < 1.29 is 9.59 Å². The fourth-order valence-electron chi connectivity index (χ4n) is 2.62. The number of hydrogen-bond donors (Lipinski definition) is 0. The number of carbonyl (C=O) groups is 2. The Labute approximate surface area is 142 Å². The lowest BCUT2D eigenvalue weighted by Crippen LogP contribution is -2.06. The molecule has 0 fully saturated rings. The van der Waals surface area contributed by atoms with Gasteiger partial charge in [-0.1, -0.05) is 49.2 Å². The molecule has 0 atom stereocenters. The summed E-state index contributed by atoms with van der Waals surface area (Å²) in [6, 6.07) is 11.5. The zero-order valence-electron chi connectivity index (χ0n) is 14.1. The fraction of sp³-hybridized carbons (Fsp3) is 0.300. The molecule has 23 heavy (non-hydrogen) atoms. The number of benzene rings is 2. The highest BCUT2D eigenvalue weighted by Gasteiger charge is 2.19. The molecule has 0 aliphatic heterocycles. The molecule has 0 aliphatic rings. The van der Waals surface area contributed by atoms with Gasteiger partial charge in [0, 0.05) is 11.1 Å². The van der Waals surface area contributed by atoms with Gasteiger partial charge in [-0.25, -0.2) is 0 Å².